The van der Waals surface area contributed by atoms with E-state index in [2.05, 4.69) is 44.9 Å². The van der Waals surface area contributed by atoms with Crippen molar-refractivity contribution < 1.29 is 4.79 Å². The smallest absolute Gasteiger partial charge is 0.315 e. The van der Waals surface area contributed by atoms with Gasteiger partial charge in [-0.1, -0.05) is 24.3 Å². The lowest BCUT2D eigenvalue weighted by atomic mass is 9.95. The summed E-state index contributed by atoms with van der Waals surface area (Å²) in [6.07, 6.45) is 5.30. The molecule has 1 aromatic heterocycles. The van der Waals surface area contributed by atoms with Crippen LogP contribution in [0.2, 0.25) is 0 Å². The number of hydrogen-bond acceptors (Lipinski definition) is 3. The minimum atomic E-state index is -0.125. The monoisotopic (exact) mass is 322 g/mol. The number of aryl methyl sites for hydroxylation is 2. The van der Waals surface area contributed by atoms with Crippen LogP contribution in [0.1, 0.15) is 35.5 Å². The first-order valence-corrected chi connectivity index (χ1v) is 8.56. The van der Waals surface area contributed by atoms with Crippen LogP contribution in [0.15, 0.2) is 36.5 Å². The molecule has 1 heterocycles. The number of nitrogens with one attached hydrogen (secondary N) is 2. The number of fused-ring (bicyclic) bond motifs is 2. The third kappa shape index (κ3) is 2.75. The molecule has 5 heteroatoms. The molecule has 24 heavy (non-hydrogen) atoms. The highest BCUT2D eigenvalue weighted by atomic mass is 16.2. The average molecular weight is 322 g/mol. The van der Waals surface area contributed by atoms with Gasteiger partial charge in [0.1, 0.15) is 5.82 Å². The van der Waals surface area contributed by atoms with E-state index in [-0.39, 0.29) is 6.03 Å². The van der Waals surface area contributed by atoms with Crippen LogP contribution in [0, 0.1) is 12.8 Å². The van der Waals surface area contributed by atoms with Crippen LogP contribution >= 0.6 is 0 Å². The van der Waals surface area contributed by atoms with Crippen LogP contribution in [0.5, 0.6) is 0 Å². The third-order valence-corrected chi connectivity index (χ3v) is 5.40. The molecule has 2 aliphatic rings. The van der Waals surface area contributed by atoms with Crippen molar-refractivity contribution in [2.24, 2.45) is 5.92 Å². The first-order valence-electron chi connectivity index (χ1n) is 8.56. The van der Waals surface area contributed by atoms with E-state index in [1.165, 1.54) is 30.4 Å². The maximum atomic E-state index is 12.0. The highest BCUT2D eigenvalue weighted by Crippen LogP contribution is 2.61. The molecule has 2 unspecified atom stereocenters. The van der Waals surface area contributed by atoms with Crippen molar-refractivity contribution in [1.82, 2.24) is 20.6 Å². The molecule has 2 amide bonds. The summed E-state index contributed by atoms with van der Waals surface area (Å²) in [5, 5.41) is 5.89. The van der Waals surface area contributed by atoms with Gasteiger partial charge >= 0.3 is 6.03 Å². The summed E-state index contributed by atoms with van der Waals surface area (Å²) in [7, 11) is 0. The number of carbonyl (C=O) groups excluding carboxylic acids is 1. The van der Waals surface area contributed by atoms with E-state index in [0.717, 1.165) is 18.1 Å². The van der Waals surface area contributed by atoms with Crippen molar-refractivity contribution in [3.05, 3.63) is 59.2 Å². The Morgan fingerprint density at radius 1 is 1.29 bits per heavy atom. The Bertz CT molecular complexity index is 775. The molecule has 1 fully saturated rings. The number of nitrogens with zero attached hydrogens (tertiary/aromatic N) is 2. The maximum absolute atomic E-state index is 12.0. The Morgan fingerprint density at radius 2 is 2.17 bits per heavy atom. The van der Waals surface area contributed by atoms with Crippen molar-refractivity contribution in [2.45, 2.75) is 38.1 Å². The molecule has 1 spiro atoms. The lowest BCUT2D eigenvalue weighted by Gasteiger charge is -2.12. The van der Waals surface area contributed by atoms with Crippen LogP contribution in [-0.4, -0.2) is 22.5 Å². The summed E-state index contributed by atoms with van der Waals surface area (Å²) in [4.78, 5) is 20.4. The average Bonchev–Trinajstić information content (AvgIpc) is 3.18. The summed E-state index contributed by atoms with van der Waals surface area (Å²) in [6.45, 7) is 3.01. The molecule has 2 atom stereocenters. The van der Waals surface area contributed by atoms with E-state index in [0.29, 0.717) is 17.9 Å². The number of amides is 2. The molecule has 1 aromatic carbocycles. The topological polar surface area (TPSA) is 66.9 Å². The highest BCUT2D eigenvalue weighted by Gasteiger charge is 2.57. The Morgan fingerprint density at radius 3 is 3.04 bits per heavy atom. The fourth-order valence-electron chi connectivity index (χ4n) is 4.05. The molecule has 2 N–H and O–H groups in total. The van der Waals surface area contributed by atoms with E-state index < -0.39 is 0 Å². The van der Waals surface area contributed by atoms with E-state index in [4.69, 9.17) is 0 Å². The molecular formula is C19H22N4O. The van der Waals surface area contributed by atoms with E-state index in [1.54, 1.807) is 6.20 Å². The molecule has 2 aliphatic carbocycles. The SMILES string of the molecule is Cc1nccc(CNC(=O)NCC2CC23CCc2ccccc23)n1. The lowest BCUT2D eigenvalue weighted by Crippen LogP contribution is -2.37. The summed E-state index contributed by atoms with van der Waals surface area (Å²) in [5.74, 6) is 1.28. The number of hydrogen-bond donors (Lipinski definition) is 2. The molecule has 5 nitrogen and oxygen atoms in total. The Labute approximate surface area is 141 Å². The largest absolute Gasteiger partial charge is 0.338 e. The van der Waals surface area contributed by atoms with E-state index in [9.17, 15) is 4.79 Å². The van der Waals surface area contributed by atoms with Gasteiger partial charge in [-0.2, -0.15) is 0 Å². The molecule has 124 valence electrons. The number of rotatable bonds is 4. The molecule has 0 radical (unpaired) electrons. The highest BCUT2D eigenvalue weighted by molar-refractivity contribution is 5.73. The third-order valence-electron chi connectivity index (χ3n) is 5.40. The van der Waals surface area contributed by atoms with Crippen molar-refractivity contribution in [1.29, 1.82) is 0 Å². The van der Waals surface area contributed by atoms with E-state index >= 15 is 0 Å². The van der Waals surface area contributed by atoms with E-state index in [1.807, 2.05) is 13.0 Å². The second-order valence-electron chi connectivity index (χ2n) is 6.87. The van der Waals surface area contributed by atoms with Crippen molar-refractivity contribution in [2.75, 3.05) is 6.54 Å². The lowest BCUT2D eigenvalue weighted by molar-refractivity contribution is 0.239. The number of carbonyl (C=O) groups is 1. The fourth-order valence-corrected chi connectivity index (χ4v) is 4.05. The number of urea groups is 1. The predicted molar refractivity (Wildman–Crippen MR) is 91.6 cm³/mol. The van der Waals surface area contributed by atoms with Gasteiger partial charge in [0, 0.05) is 18.2 Å². The molecular weight excluding hydrogens is 300 g/mol. The van der Waals surface area contributed by atoms with Gasteiger partial charge in [-0.3, -0.25) is 0 Å². The van der Waals surface area contributed by atoms with Gasteiger partial charge in [0.25, 0.3) is 0 Å². The zero-order valence-corrected chi connectivity index (χ0v) is 13.9. The van der Waals surface area contributed by atoms with Crippen LogP contribution in [-0.2, 0) is 18.4 Å². The minimum absolute atomic E-state index is 0.125. The zero-order valence-electron chi connectivity index (χ0n) is 13.9. The summed E-state index contributed by atoms with van der Waals surface area (Å²) in [5.41, 5.74) is 4.15. The standard InChI is InChI=1S/C19H22N4O/c1-13-20-9-7-16(23-13)12-22-18(24)21-11-15-10-19(15)8-6-14-4-2-3-5-17(14)19/h2-5,7,9,15H,6,8,10-12H2,1H3,(H2,21,22,24). The number of aromatic nitrogens is 2. The molecule has 0 aliphatic heterocycles. The Balaban J connectivity index is 1.27. The molecule has 0 bridgehead atoms. The fraction of sp³-hybridized carbons (Fsp3) is 0.421. The maximum Gasteiger partial charge on any atom is 0.315 e. The first-order chi connectivity index (χ1) is 11.7. The Hall–Kier alpha value is -2.43. The summed E-state index contributed by atoms with van der Waals surface area (Å²) >= 11 is 0. The molecule has 0 saturated heterocycles. The van der Waals surface area contributed by atoms with Gasteiger partial charge in [-0.05, 0) is 49.3 Å². The second-order valence-corrected chi connectivity index (χ2v) is 6.87. The van der Waals surface area contributed by atoms with Crippen LogP contribution < -0.4 is 10.6 Å². The molecule has 2 aromatic rings. The van der Waals surface area contributed by atoms with Gasteiger partial charge in [0.2, 0.25) is 0 Å². The van der Waals surface area contributed by atoms with Crippen LogP contribution in [0.3, 0.4) is 0 Å². The number of benzene rings is 1. The Kier molecular flexibility index (Phi) is 3.71. The summed E-state index contributed by atoms with van der Waals surface area (Å²) in [6, 6.07) is 10.4. The molecule has 1 saturated carbocycles. The van der Waals surface area contributed by atoms with Crippen LogP contribution in [0.4, 0.5) is 4.79 Å². The van der Waals surface area contributed by atoms with Gasteiger partial charge in [0.15, 0.2) is 0 Å². The predicted octanol–water partition coefficient (Wildman–Crippen LogP) is 2.49. The van der Waals surface area contributed by atoms with Crippen LogP contribution in [0.25, 0.3) is 0 Å². The molecule has 4 rings (SSSR count). The normalized spacial score (nSPS) is 23.8. The van der Waals surface area contributed by atoms with Gasteiger partial charge in [0.05, 0.1) is 12.2 Å². The summed E-state index contributed by atoms with van der Waals surface area (Å²) < 4.78 is 0. The van der Waals surface area contributed by atoms with Gasteiger partial charge in [-0.25, -0.2) is 14.8 Å². The zero-order chi connectivity index (χ0) is 16.6. The quantitative estimate of drug-likeness (QED) is 0.909. The van der Waals surface area contributed by atoms with Crippen molar-refractivity contribution >= 4 is 6.03 Å². The van der Waals surface area contributed by atoms with Crippen molar-refractivity contribution in [3.63, 3.8) is 0 Å². The van der Waals surface area contributed by atoms with Crippen molar-refractivity contribution in [3.8, 4) is 0 Å². The van der Waals surface area contributed by atoms with Gasteiger partial charge < -0.3 is 10.6 Å². The second kappa shape index (κ2) is 5.89. The first kappa shape index (κ1) is 15.1. The minimum Gasteiger partial charge on any atom is -0.338 e. The van der Waals surface area contributed by atoms with Gasteiger partial charge in [-0.15, -0.1) is 0 Å².